The van der Waals surface area contributed by atoms with Crippen molar-refractivity contribution in [2.75, 3.05) is 27.3 Å². The van der Waals surface area contributed by atoms with Gasteiger partial charge in [-0.1, -0.05) is 0 Å². The summed E-state index contributed by atoms with van der Waals surface area (Å²) in [6.45, 7) is 9.02. The number of rotatable bonds is 7. The van der Waals surface area contributed by atoms with Crippen molar-refractivity contribution in [3.63, 3.8) is 0 Å². The van der Waals surface area contributed by atoms with Crippen LogP contribution in [0.4, 0.5) is 0 Å². The Morgan fingerprint density at radius 2 is 2.17 bits per heavy atom. The predicted octanol–water partition coefficient (Wildman–Crippen LogP) is 2.11. The fourth-order valence-corrected chi connectivity index (χ4v) is 1.76. The van der Waals surface area contributed by atoms with Crippen LogP contribution in [0.15, 0.2) is 23.0 Å². The van der Waals surface area contributed by atoms with Gasteiger partial charge in [-0.25, -0.2) is 0 Å². The molecule has 1 aromatic rings. The third-order valence-electron chi connectivity index (χ3n) is 2.86. The van der Waals surface area contributed by atoms with Gasteiger partial charge in [-0.05, 0) is 33.9 Å². The van der Waals surface area contributed by atoms with Gasteiger partial charge in [-0.15, -0.1) is 0 Å². The molecular weight excluding hydrogens is 228 g/mol. The normalized spacial score (nSPS) is 14.1. The Kier molecular flexibility index (Phi) is 5.85. The summed E-state index contributed by atoms with van der Waals surface area (Å²) < 4.78 is 10.4. The highest BCUT2D eigenvalue weighted by Crippen LogP contribution is 2.08. The largest absolute Gasteiger partial charge is 0.472 e. The molecule has 1 atom stereocenters. The first-order chi connectivity index (χ1) is 8.42. The molecule has 0 saturated heterocycles. The molecule has 104 valence electrons. The van der Waals surface area contributed by atoms with Crippen molar-refractivity contribution in [3.8, 4) is 0 Å². The van der Waals surface area contributed by atoms with Crippen LogP contribution in [0.2, 0.25) is 0 Å². The Bertz CT molecular complexity index is 317. The molecule has 0 amide bonds. The molecular formula is C14H26N2O2. The lowest BCUT2D eigenvalue weighted by molar-refractivity contribution is 0.0971. The molecule has 0 aliphatic rings. The van der Waals surface area contributed by atoms with Crippen molar-refractivity contribution < 1.29 is 9.15 Å². The number of hydrogen-bond donors (Lipinski definition) is 1. The Labute approximate surface area is 110 Å². The second-order valence-electron chi connectivity index (χ2n) is 5.79. The second kappa shape index (κ2) is 6.92. The van der Waals surface area contributed by atoms with Crippen LogP contribution < -0.4 is 5.32 Å². The molecule has 0 aromatic carbocycles. The van der Waals surface area contributed by atoms with Crippen molar-refractivity contribution in [3.05, 3.63) is 24.2 Å². The zero-order chi connectivity index (χ0) is 13.6. The van der Waals surface area contributed by atoms with Crippen molar-refractivity contribution in [1.29, 1.82) is 0 Å². The number of hydrogen-bond acceptors (Lipinski definition) is 4. The van der Waals surface area contributed by atoms with E-state index in [9.17, 15) is 0 Å². The zero-order valence-electron chi connectivity index (χ0n) is 12.2. The average molecular weight is 254 g/mol. The first-order valence-corrected chi connectivity index (χ1v) is 6.37. The van der Waals surface area contributed by atoms with E-state index >= 15 is 0 Å². The molecule has 0 radical (unpaired) electrons. The summed E-state index contributed by atoms with van der Waals surface area (Å²) in [6.07, 6.45) is 3.50. The van der Waals surface area contributed by atoms with Gasteiger partial charge in [0, 0.05) is 37.3 Å². The smallest absolute Gasteiger partial charge is 0.0947 e. The van der Waals surface area contributed by atoms with Crippen molar-refractivity contribution in [2.24, 2.45) is 0 Å². The molecule has 1 N–H and O–H groups in total. The van der Waals surface area contributed by atoms with Gasteiger partial charge in [0.05, 0.1) is 19.1 Å². The topological polar surface area (TPSA) is 37.6 Å². The monoisotopic (exact) mass is 254 g/mol. The highest BCUT2D eigenvalue weighted by molar-refractivity contribution is 5.05. The summed E-state index contributed by atoms with van der Waals surface area (Å²) in [7, 11) is 3.86. The quantitative estimate of drug-likeness (QED) is 0.809. The molecule has 0 fully saturated rings. The Morgan fingerprint density at radius 1 is 1.44 bits per heavy atom. The van der Waals surface area contributed by atoms with Gasteiger partial charge in [-0.3, -0.25) is 4.90 Å². The number of nitrogens with one attached hydrogen (secondary N) is 1. The fraction of sp³-hybridized carbons (Fsp3) is 0.714. The van der Waals surface area contributed by atoms with Gasteiger partial charge >= 0.3 is 0 Å². The van der Waals surface area contributed by atoms with Gasteiger partial charge in [0.2, 0.25) is 0 Å². The van der Waals surface area contributed by atoms with E-state index in [1.54, 1.807) is 19.6 Å². The Morgan fingerprint density at radius 3 is 2.67 bits per heavy atom. The van der Waals surface area contributed by atoms with Crippen LogP contribution in [-0.2, 0) is 11.3 Å². The average Bonchev–Trinajstić information content (AvgIpc) is 2.75. The van der Waals surface area contributed by atoms with Crippen LogP contribution in [0.25, 0.3) is 0 Å². The minimum absolute atomic E-state index is 0.127. The van der Waals surface area contributed by atoms with Gasteiger partial charge < -0.3 is 14.5 Å². The first-order valence-electron chi connectivity index (χ1n) is 6.37. The molecule has 0 bridgehead atoms. The number of likely N-dealkylation sites (N-methyl/N-ethyl adjacent to an activating group) is 1. The molecule has 1 heterocycles. The zero-order valence-corrected chi connectivity index (χ0v) is 12.2. The van der Waals surface area contributed by atoms with E-state index in [0.29, 0.717) is 6.04 Å². The lowest BCUT2D eigenvalue weighted by atomic mass is 10.1. The molecule has 4 heteroatoms. The molecule has 0 spiro atoms. The minimum atomic E-state index is 0.127. The molecule has 18 heavy (non-hydrogen) atoms. The number of methoxy groups -OCH3 is 1. The molecule has 0 aliphatic carbocycles. The van der Waals surface area contributed by atoms with Crippen LogP contribution in [0.1, 0.15) is 26.3 Å². The van der Waals surface area contributed by atoms with E-state index in [2.05, 4.69) is 38.0 Å². The third-order valence-corrected chi connectivity index (χ3v) is 2.86. The molecule has 1 aromatic heterocycles. The van der Waals surface area contributed by atoms with Crippen molar-refractivity contribution in [1.82, 2.24) is 10.2 Å². The van der Waals surface area contributed by atoms with E-state index in [-0.39, 0.29) is 5.54 Å². The van der Waals surface area contributed by atoms with E-state index in [1.165, 1.54) is 5.56 Å². The summed E-state index contributed by atoms with van der Waals surface area (Å²) in [4.78, 5) is 2.28. The van der Waals surface area contributed by atoms with Gasteiger partial charge in [0.15, 0.2) is 0 Å². The second-order valence-corrected chi connectivity index (χ2v) is 5.79. The molecule has 0 saturated carbocycles. The van der Waals surface area contributed by atoms with Crippen molar-refractivity contribution in [2.45, 2.75) is 38.9 Å². The molecule has 0 aliphatic heterocycles. The summed E-state index contributed by atoms with van der Waals surface area (Å²) >= 11 is 0. The maximum atomic E-state index is 5.30. The Hall–Kier alpha value is -0.840. The third kappa shape index (κ3) is 5.67. The van der Waals surface area contributed by atoms with Gasteiger partial charge in [-0.2, -0.15) is 0 Å². The summed E-state index contributed by atoms with van der Waals surface area (Å²) in [5.41, 5.74) is 1.32. The van der Waals surface area contributed by atoms with Gasteiger partial charge in [0.25, 0.3) is 0 Å². The van der Waals surface area contributed by atoms with Crippen molar-refractivity contribution >= 4 is 0 Å². The highest BCUT2D eigenvalue weighted by atomic mass is 16.5. The number of ether oxygens (including phenoxy) is 1. The lowest BCUT2D eigenvalue weighted by Crippen LogP contribution is -2.48. The van der Waals surface area contributed by atoms with E-state index < -0.39 is 0 Å². The van der Waals surface area contributed by atoms with Crippen LogP contribution in [0.5, 0.6) is 0 Å². The van der Waals surface area contributed by atoms with Crippen LogP contribution in [0, 0.1) is 0 Å². The number of nitrogens with zero attached hydrogens (tertiary/aromatic N) is 1. The maximum absolute atomic E-state index is 5.30. The first kappa shape index (κ1) is 15.2. The summed E-state index contributed by atoms with van der Waals surface area (Å²) in [6, 6.07) is 2.35. The Balaban J connectivity index is 2.49. The fourth-order valence-electron chi connectivity index (χ4n) is 1.76. The molecule has 4 nitrogen and oxygen atoms in total. The van der Waals surface area contributed by atoms with Crippen LogP contribution >= 0.6 is 0 Å². The van der Waals surface area contributed by atoms with E-state index in [4.69, 9.17) is 9.15 Å². The summed E-state index contributed by atoms with van der Waals surface area (Å²) in [5, 5.41) is 3.52. The van der Waals surface area contributed by atoms with Gasteiger partial charge in [0.1, 0.15) is 0 Å². The van der Waals surface area contributed by atoms with E-state index in [1.807, 2.05) is 6.07 Å². The molecule has 1 unspecified atom stereocenters. The standard InChI is InChI=1S/C14H26N2O2/c1-14(2,3)15-8-13(11-17-5)16(4)9-12-6-7-18-10-12/h6-7,10,13,15H,8-9,11H2,1-5H3. The SMILES string of the molecule is COCC(CNC(C)(C)C)N(C)Cc1ccoc1. The molecule has 1 rings (SSSR count). The summed E-state index contributed by atoms with van der Waals surface area (Å²) in [5.74, 6) is 0. The van der Waals surface area contributed by atoms with Crippen LogP contribution in [0.3, 0.4) is 0 Å². The minimum Gasteiger partial charge on any atom is -0.472 e. The highest BCUT2D eigenvalue weighted by Gasteiger charge is 2.18. The number of furan rings is 1. The van der Waals surface area contributed by atoms with Crippen LogP contribution in [-0.4, -0.2) is 43.8 Å². The predicted molar refractivity (Wildman–Crippen MR) is 73.6 cm³/mol. The van der Waals surface area contributed by atoms with E-state index in [0.717, 1.165) is 19.7 Å². The maximum Gasteiger partial charge on any atom is 0.0947 e. The lowest BCUT2D eigenvalue weighted by Gasteiger charge is -2.31.